The summed E-state index contributed by atoms with van der Waals surface area (Å²) in [5.41, 5.74) is 0.878. The van der Waals surface area contributed by atoms with Gasteiger partial charge in [-0.1, -0.05) is 6.07 Å². The number of nitrogens with zero attached hydrogens (tertiary/aromatic N) is 1. The summed E-state index contributed by atoms with van der Waals surface area (Å²) in [5.74, 6) is 2.00. The predicted octanol–water partition coefficient (Wildman–Crippen LogP) is 2.71. The molecule has 23 heavy (non-hydrogen) atoms. The summed E-state index contributed by atoms with van der Waals surface area (Å²) < 4.78 is 34.5. The fourth-order valence-corrected chi connectivity index (χ4v) is 2.11. The zero-order chi connectivity index (χ0) is 17.1. The van der Waals surface area contributed by atoms with Gasteiger partial charge in [0.05, 0.1) is 6.61 Å². The van der Waals surface area contributed by atoms with Gasteiger partial charge in [-0.25, -0.2) is 0 Å². The molecule has 8 heteroatoms. The summed E-state index contributed by atoms with van der Waals surface area (Å²) in [6.07, 6.45) is 2.04. The van der Waals surface area contributed by atoms with E-state index in [4.69, 9.17) is 4.74 Å². The van der Waals surface area contributed by atoms with Gasteiger partial charge in [0.2, 0.25) is 0 Å². The van der Waals surface area contributed by atoms with Crippen LogP contribution in [0.3, 0.4) is 0 Å². The smallest absolute Gasteiger partial charge is 0.387 e. The molecule has 0 atom stereocenters. The Morgan fingerprint density at radius 2 is 2.09 bits per heavy atom. The lowest BCUT2D eigenvalue weighted by Crippen LogP contribution is -2.37. The lowest BCUT2D eigenvalue weighted by Gasteiger charge is -2.14. The first-order chi connectivity index (χ1) is 11.1. The molecule has 1 aromatic rings. The third-order valence-corrected chi connectivity index (χ3v) is 3.42. The minimum Gasteiger partial charge on any atom is -0.490 e. The van der Waals surface area contributed by atoms with E-state index in [-0.39, 0.29) is 5.75 Å². The highest BCUT2D eigenvalue weighted by molar-refractivity contribution is 7.98. The average molecular weight is 347 g/mol. The van der Waals surface area contributed by atoms with E-state index in [0.29, 0.717) is 24.9 Å². The number of hydrogen-bond acceptors (Lipinski definition) is 4. The second-order valence-corrected chi connectivity index (χ2v) is 5.42. The zero-order valence-corrected chi connectivity index (χ0v) is 14.4. The second kappa shape index (κ2) is 10.9. The van der Waals surface area contributed by atoms with Crippen LogP contribution in [0.15, 0.2) is 23.2 Å². The van der Waals surface area contributed by atoms with Crippen molar-refractivity contribution in [3.8, 4) is 11.5 Å². The fraction of sp³-hybridized carbons (Fsp3) is 0.533. The van der Waals surface area contributed by atoms with Crippen molar-refractivity contribution < 1.29 is 18.3 Å². The summed E-state index contributed by atoms with van der Waals surface area (Å²) in [7, 11) is 1.69. The normalized spacial score (nSPS) is 11.5. The van der Waals surface area contributed by atoms with Crippen LogP contribution in [0.4, 0.5) is 8.78 Å². The monoisotopic (exact) mass is 347 g/mol. The van der Waals surface area contributed by atoms with Crippen LogP contribution < -0.4 is 20.1 Å². The number of ether oxygens (including phenoxy) is 2. The molecule has 0 heterocycles. The molecule has 0 unspecified atom stereocenters. The lowest BCUT2D eigenvalue weighted by molar-refractivity contribution is -0.0514. The molecule has 0 aliphatic carbocycles. The molecule has 0 aliphatic rings. The van der Waals surface area contributed by atoms with Crippen molar-refractivity contribution in [2.45, 2.75) is 20.1 Å². The maximum Gasteiger partial charge on any atom is 0.387 e. The van der Waals surface area contributed by atoms with Gasteiger partial charge in [0.25, 0.3) is 0 Å². The molecule has 0 radical (unpaired) electrons. The van der Waals surface area contributed by atoms with Crippen molar-refractivity contribution in [3.63, 3.8) is 0 Å². The molecule has 0 saturated carbocycles. The first-order valence-electron chi connectivity index (χ1n) is 7.24. The number of thioether (sulfide) groups is 1. The Bertz CT molecular complexity index is 502. The van der Waals surface area contributed by atoms with Crippen LogP contribution in [-0.2, 0) is 6.54 Å². The molecule has 0 saturated heterocycles. The summed E-state index contributed by atoms with van der Waals surface area (Å²) in [6, 6.07) is 4.88. The molecule has 0 fully saturated rings. The molecule has 130 valence electrons. The fourth-order valence-electron chi connectivity index (χ4n) is 1.80. The minimum atomic E-state index is -2.88. The average Bonchev–Trinajstić information content (AvgIpc) is 2.52. The van der Waals surface area contributed by atoms with Gasteiger partial charge >= 0.3 is 6.61 Å². The van der Waals surface area contributed by atoms with E-state index in [0.717, 1.165) is 17.9 Å². The Balaban J connectivity index is 2.67. The molecular weight excluding hydrogens is 324 g/mol. The minimum absolute atomic E-state index is 0.0353. The number of hydrogen-bond donors (Lipinski definition) is 2. The maximum absolute atomic E-state index is 12.4. The SMILES string of the molecule is CCOc1cc(CNC(=NC)NCCSC)ccc1OC(F)F. The number of benzene rings is 1. The number of aliphatic imine (C=N–C) groups is 1. The van der Waals surface area contributed by atoms with Gasteiger partial charge in [0.15, 0.2) is 17.5 Å². The molecular formula is C15H23F2N3O2S. The van der Waals surface area contributed by atoms with Gasteiger partial charge in [-0.05, 0) is 30.9 Å². The molecule has 1 aromatic carbocycles. The Hall–Kier alpha value is -1.70. The number of alkyl halides is 2. The van der Waals surface area contributed by atoms with E-state index in [2.05, 4.69) is 20.4 Å². The van der Waals surface area contributed by atoms with Gasteiger partial charge < -0.3 is 20.1 Å². The molecule has 0 aliphatic heterocycles. The van der Waals surface area contributed by atoms with Crippen molar-refractivity contribution in [1.82, 2.24) is 10.6 Å². The first-order valence-corrected chi connectivity index (χ1v) is 8.64. The van der Waals surface area contributed by atoms with Crippen LogP contribution >= 0.6 is 11.8 Å². The van der Waals surface area contributed by atoms with Gasteiger partial charge in [-0.3, -0.25) is 4.99 Å². The first kappa shape index (κ1) is 19.3. The molecule has 0 amide bonds. The number of rotatable bonds is 9. The lowest BCUT2D eigenvalue weighted by atomic mass is 10.2. The second-order valence-electron chi connectivity index (χ2n) is 4.44. The molecule has 1 rings (SSSR count). The van der Waals surface area contributed by atoms with E-state index in [1.165, 1.54) is 6.07 Å². The number of nitrogens with one attached hydrogen (secondary N) is 2. The molecule has 0 spiro atoms. The van der Waals surface area contributed by atoms with E-state index < -0.39 is 6.61 Å². The van der Waals surface area contributed by atoms with E-state index in [9.17, 15) is 8.78 Å². The van der Waals surface area contributed by atoms with Crippen LogP contribution in [0.1, 0.15) is 12.5 Å². The van der Waals surface area contributed by atoms with Gasteiger partial charge in [-0.2, -0.15) is 20.5 Å². The van der Waals surface area contributed by atoms with Gasteiger partial charge in [-0.15, -0.1) is 0 Å². The van der Waals surface area contributed by atoms with Crippen LogP contribution in [0, 0.1) is 0 Å². The Kier molecular flexibility index (Phi) is 9.20. The van der Waals surface area contributed by atoms with Crippen LogP contribution in [-0.4, -0.2) is 44.8 Å². The van der Waals surface area contributed by atoms with Crippen LogP contribution in [0.5, 0.6) is 11.5 Å². The highest BCUT2D eigenvalue weighted by Gasteiger charge is 2.11. The van der Waals surface area contributed by atoms with Gasteiger partial charge in [0, 0.05) is 25.9 Å². The predicted molar refractivity (Wildman–Crippen MR) is 90.8 cm³/mol. The Labute approximate surface area is 139 Å². The van der Waals surface area contributed by atoms with E-state index in [1.54, 1.807) is 37.9 Å². The summed E-state index contributed by atoms with van der Waals surface area (Å²) in [5, 5.41) is 6.34. The van der Waals surface area contributed by atoms with Crippen molar-refractivity contribution in [2.75, 3.05) is 32.2 Å². The third kappa shape index (κ3) is 7.40. The molecule has 2 N–H and O–H groups in total. The highest BCUT2D eigenvalue weighted by Crippen LogP contribution is 2.29. The van der Waals surface area contributed by atoms with Crippen molar-refractivity contribution in [2.24, 2.45) is 4.99 Å². The number of halogens is 2. The summed E-state index contributed by atoms with van der Waals surface area (Å²) >= 11 is 1.75. The van der Waals surface area contributed by atoms with Crippen LogP contribution in [0.2, 0.25) is 0 Å². The van der Waals surface area contributed by atoms with Crippen LogP contribution in [0.25, 0.3) is 0 Å². The molecule has 0 bridgehead atoms. The Morgan fingerprint density at radius 1 is 1.30 bits per heavy atom. The van der Waals surface area contributed by atoms with Crippen molar-refractivity contribution >= 4 is 17.7 Å². The summed E-state index contributed by atoms with van der Waals surface area (Å²) in [4.78, 5) is 4.12. The quantitative estimate of drug-likeness (QED) is 0.409. The zero-order valence-electron chi connectivity index (χ0n) is 13.6. The largest absolute Gasteiger partial charge is 0.490 e. The molecule has 0 aromatic heterocycles. The highest BCUT2D eigenvalue weighted by atomic mass is 32.2. The standard InChI is InChI=1S/C15H23F2N3O2S/c1-4-21-13-9-11(5-6-12(13)22-14(16)17)10-20-15(18-2)19-7-8-23-3/h5-6,9,14H,4,7-8,10H2,1-3H3,(H2,18,19,20). The third-order valence-electron chi connectivity index (χ3n) is 2.81. The van der Waals surface area contributed by atoms with E-state index in [1.807, 2.05) is 6.26 Å². The van der Waals surface area contributed by atoms with E-state index >= 15 is 0 Å². The Morgan fingerprint density at radius 3 is 2.70 bits per heavy atom. The van der Waals surface area contributed by atoms with Crippen molar-refractivity contribution in [3.05, 3.63) is 23.8 Å². The summed E-state index contributed by atoms with van der Waals surface area (Å²) in [6.45, 7) is 0.584. The van der Waals surface area contributed by atoms with Crippen molar-refractivity contribution in [1.29, 1.82) is 0 Å². The molecule has 5 nitrogen and oxygen atoms in total. The maximum atomic E-state index is 12.4. The number of guanidine groups is 1. The van der Waals surface area contributed by atoms with Gasteiger partial charge in [0.1, 0.15) is 0 Å². The topological polar surface area (TPSA) is 54.9 Å².